The predicted octanol–water partition coefficient (Wildman–Crippen LogP) is 6.47. The summed E-state index contributed by atoms with van der Waals surface area (Å²) >= 11 is 6.16. The van der Waals surface area contributed by atoms with Crippen LogP contribution in [0.1, 0.15) is 97.3 Å². The number of halogens is 1. The number of phosphoric acid groups is 1. The highest BCUT2D eigenvalue weighted by molar-refractivity contribution is 7.47. The summed E-state index contributed by atoms with van der Waals surface area (Å²) in [7, 11) is 1.72. The van der Waals surface area contributed by atoms with Gasteiger partial charge in [0.25, 0.3) is 0 Å². The predicted molar refractivity (Wildman–Crippen MR) is 146 cm³/mol. The van der Waals surface area contributed by atoms with Gasteiger partial charge in [-0.15, -0.1) is 11.6 Å². The third-order valence-electron chi connectivity index (χ3n) is 5.75. The van der Waals surface area contributed by atoms with Crippen molar-refractivity contribution in [2.24, 2.45) is 0 Å². The van der Waals surface area contributed by atoms with Crippen molar-refractivity contribution in [2.45, 2.75) is 109 Å². The minimum atomic E-state index is -4.16. The zero-order valence-electron chi connectivity index (χ0n) is 23.6. The number of carbonyl (C=O) groups excluding carboxylic acids is 1. The molecule has 0 fully saturated rings. The molecule has 3 unspecified atom stereocenters. The van der Waals surface area contributed by atoms with E-state index < -0.39 is 13.2 Å². The highest BCUT2D eigenvalue weighted by atomic mass is 35.5. The van der Waals surface area contributed by atoms with Crippen LogP contribution >= 0.6 is 19.4 Å². The summed E-state index contributed by atoms with van der Waals surface area (Å²) in [5.41, 5.74) is 0. The Morgan fingerprint density at radius 1 is 0.861 bits per heavy atom. The Morgan fingerprint density at radius 3 is 1.89 bits per heavy atom. The maximum atomic E-state index is 11.9. The van der Waals surface area contributed by atoms with E-state index in [0.29, 0.717) is 11.0 Å². The van der Waals surface area contributed by atoms with Crippen LogP contribution in [0.4, 0.5) is 0 Å². The van der Waals surface area contributed by atoms with Gasteiger partial charge in [0, 0.05) is 6.92 Å². The summed E-state index contributed by atoms with van der Waals surface area (Å²) in [5.74, 6) is -0.333. The maximum absolute atomic E-state index is 11.9. The number of nitrogens with zero attached hydrogens (tertiary/aromatic N) is 1. The van der Waals surface area contributed by atoms with Crippen molar-refractivity contribution in [3.63, 3.8) is 0 Å². The van der Waals surface area contributed by atoms with Crippen LogP contribution in [0.5, 0.6) is 0 Å². The van der Waals surface area contributed by atoms with E-state index in [9.17, 15) is 14.3 Å². The number of quaternary nitrogens is 1. The highest BCUT2D eigenvalue weighted by Gasteiger charge is 2.24. The Balaban J connectivity index is 3.95. The van der Waals surface area contributed by atoms with Crippen molar-refractivity contribution < 1.29 is 37.3 Å². The largest absolute Gasteiger partial charge is 0.472 e. The average Bonchev–Trinajstić information content (AvgIpc) is 2.77. The molecule has 0 saturated carbocycles. The molecule has 3 atom stereocenters. The smallest absolute Gasteiger partial charge is 0.460 e. The average molecular weight is 559 g/mol. The summed E-state index contributed by atoms with van der Waals surface area (Å²) in [4.78, 5) is 21.2. The summed E-state index contributed by atoms with van der Waals surface area (Å²) in [5, 5.41) is -0.628. The number of hydrogen-bond acceptors (Lipinski definition) is 6. The van der Waals surface area contributed by atoms with Gasteiger partial charge < -0.3 is 18.9 Å². The number of likely N-dealkylation sites (N-methyl/N-ethyl adjacent to an activating group) is 1. The third-order valence-corrected chi connectivity index (χ3v) is 6.99. The molecule has 0 saturated heterocycles. The van der Waals surface area contributed by atoms with Gasteiger partial charge >= 0.3 is 13.8 Å². The molecule has 0 bridgehead atoms. The first-order valence-corrected chi connectivity index (χ1v) is 15.7. The first-order chi connectivity index (χ1) is 16.9. The molecule has 36 heavy (non-hydrogen) atoms. The molecule has 8 nitrogen and oxygen atoms in total. The number of unbranched alkanes of at least 4 members (excludes halogenated alkanes) is 11. The van der Waals surface area contributed by atoms with E-state index in [-0.39, 0.29) is 38.5 Å². The van der Waals surface area contributed by atoms with E-state index in [1.807, 2.05) is 21.1 Å². The van der Waals surface area contributed by atoms with Gasteiger partial charge in [0.05, 0.1) is 46.3 Å². The fraction of sp³-hybridized carbons (Fsp3) is 0.962. The summed E-state index contributed by atoms with van der Waals surface area (Å²) < 4.78 is 33.5. The number of alkyl halides is 1. The van der Waals surface area contributed by atoms with Gasteiger partial charge in [-0.1, -0.05) is 77.6 Å². The summed E-state index contributed by atoms with van der Waals surface area (Å²) in [6.07, 6.45) is 15.7. The molecule has 1 N–H and O–H groups in total. The molecule has 10 heteroatoms. The highest BCUT2D eigenvalue weighted by Crippen LogP contribution is 2.43. The number of rotatable bonds is 25. The summed E-state index contributed by atoms with van der Waals surface area (Å²) in [6, 6.07) is 0. The Morgan fingerprint density at radius 2 is 1.39 bits per heavy atom. The zero-order chi connectivity index (χ0) is 27.3. The second-order valence-electron chi connectivity index (χ2n) is 10.7. The lowest BCUT2D eigenvalue weighted by molar-refractivity contribution is -0.870. The molecule has 0 aromatic rings. The van der Waals surface area contributed by atoms with Crippen LogP contribution in [0.15, 0.2) is 0 Å². The van der Waals surface area contributed by atoms with Gasteiger partial charge in [-0.2, -0.15) is 0 Å². The summed E-state index contributed by atoms with van der Waals surface area (Å²) in [6.45, 7) is 4.47. The zero-order valence-corrected chi connectivity index (χ0v) is 25.2. The second kappa shape index (κ2) is 21.7. The Labute approximate surface area is 225 Å². The van der Waals surface area contributed by atoms with Gasteiger partial charge in [-0.05, 0) is 12.8 Å². The molecule has 0 aliphatic rings. The van der Waals surface area contributed by atoms with Gasteiger partial charge in [0.15, 0.2) is 0 Å². The number of esters is 1. The minimum absolute atomic E-state index is 0.101. The van der Waals surface area contributed by atoms with E-state index >= 15 is 0 Å². The van der Waals surface area contributed by atoms with E-state index in [1.54, 1.807) is 0 Å². The van der Waals surface area contributed by atoms with E-state index in [4.69, 9.17) is 30.1 Å². The fourth-order valence-electron chi connectivity index (χ4n) is 3.64. The van der Waals surface area contributed by atoms with Gasteiger partial charge in [-0.25, -0.2) is 4.57 Å². The molecule has 0 aliphatic carbocycles. The van der Waals surface area contributed by atoms with E-state index in [1.165, 1.54) is 71.1 Å². The lowest BCUT2D eigenvalue weighted by Crippen LogP contribution is -2.37. The molecule has 0 aromatic carbocycles. The molecular formula is C26H54ClNO7P+. The van der Waals surface area contributed by atoms with Crippen molar-refractivity contribution >= 4 is 25.4 Å². The van der Waals surface area contributed by atoms with Crippen LogP contribution in [0.25, 0.3) is 0 Å². The van der Waals surface area contributed by atoms with Crippen molar-refractivity contribution in [2.75, 3.05) is 54.1 Å². The molecule has 0 amide bonds. The van der Waals surface area contributed by atoms with Gasteiger partial charge in [0.2, 0.25) is 0 Å². The quantitative estimate of drug-likeness (QED) is 0.0451. The first kappa shape index (κ1) is 35.8. The number of carbonyl (C=O) groups is 1. The monoisotopic (exact) mass is 558 g/mol. The van der Waals surface area contributed by atoms with Gasteiger partial charge in [-0.3, -0.25) is 13.8 Å². The standard InChI is InChI=1S/C26H53ClNO7P/c1-6-7-8-9-10-11-12-13-14-15-16-17-18-26(35-24(2)29)23-32-21-25(27)22-34-36(30,31)33-20-19-28(3,4)5/h25-26H,6-23H2,1-5H3/p+1. The minimum Gasteiger partial charge on any atom is -0.460 e. The third kappa shape index (κ3) is 25.4. The van der Waals surface area contributed by atoms with Crippen LogP contribution in [-0.2, 0) is 27.9 Å². The Bertz CT molecular complexity index is 589. The first-order valence-electron chi connectivity index (χ1n) is 13.8. The van der Waals surface area contributed by atoms with E-state index in [0.717, 1.165) is 19.3 Å². The maximum Gasteiger partial charge on any atom is 0.472 e. The van der Waals surface area contributed by atoms with Crippen molar-refractivity contribution in [1.29, 1.82) is 0 Å². The molecule has 216 valence electrons. The molecule has 0 aromatic heterocycles. The number of phosphoric ester groups is 1. The lowest BCUT2D eigenvalue weighted by Gasteiger charge is -2.24. The number of ether oxygens (including phenoxy) is 2. The normalized spacial score (nSPS) is 15.4. The number of hydrogen-bond donors (Lipinski definition) is 1. The van der Waals surface area contributed by atoms with Crippen molar-refractivity contribution in [1.82, 2.24) is 0 Å². The van der Waals surface area contributed by atoms with E-state index in [2.05, 4.69) is 6.92 Å². The van der Waals surface area contributed by atoms with Crippen molar-refractivity contribution in [3.05, 3.63) is 0 Å². The molecular weight excluding hydrogens is 505 g/mol. The topological polar surface area (TPSA) is 91.3 Å². The van der Waals surface area contributed by atoms with Crippen LogP contribution in [0.2, 0.25) is 0 Å². The van der Waals surface area contributed by atoms with Crippen LogP contribution < -0.4 is 0 Å². The van der Waals surface area contributed by atoms with Crippen LogP contribution in [0.3, 0.4) is 0 Å². The molecule has 0 spiro atoms. The molecule has 0 radical (unpaired) electrons. The molecule has 0 aliphatic heterocycles. The van der Waals surface area contributed by atoms with Crippen LogP contribution in [0, 0.1) is 0 Å². The Kier molecular flexibility index (Phi) is 21.6. The second-order valence-corrected chi connectivity index (χ2v) is 12.7. The SMILES string of the molecule is CCCCCCCCCCCCCCC(COCC(Cl)COP(=O)(O)OCC[N+](C)(C)C)OC(C)=O. The van der Waals surface area contributed by atoms with Crippen LogP contribution in [-0.4, -0.2) is 80.9 Å². The van der Waals surface area contributed by atoms with Gasteiger partial charge in [0.1, 0.15) is 19.3 Å². The molecule has 0 rings (SSSR count). The fourth-order valence-corrected chi connectivity index (χ4v) is 4.64. The molecule has 0 heterocycles. The lowest BCUT2D eigenvalue weighted by atomic mass is 10.0. The Hall–Kier alpha value is -0.210. The van der Waals surface area contributed by atoms with Crippen molar-refractivity contribution in [3.8, 4) is 0 Å².